The van der Waals surface area contributed by atoms with Gasteiger partial charge in [0.1, 0.15) is 23.3 Å². The smallest absolute Gasteiger partial charge is 0.159 e. The van der Waals surface area contributed by atoms with Gasteiger partial charge in [0.15, 0.2) is 5.78 Å². The molecule has 0 saturated carbocycles. The van der Waals surface area contributed by atoms with Gasteiger partial charge in [0.2, 0.25) is 0 Å². The van der Waals surface area contributed by atoms with Crippen molar-refractivity contribution < 1.29 is 19.0 Å². The second-order valence-electron chi connectivity index (χ2n) is 6.94. The van der Waals surface area contributed by atoms with Crippen LogP contribution in [-0.4, -0.2) is 22.6 Å². The average Bonchev–Trinajstić information content (AvgIpc) is 2.56. The van der Waals surface area contributed by atoms with E-state index in [-0.39, 0.29) is 11.6 Å². The van der Waals surface area contributed by atoms with Gasteiger partial charge in [-0.3, -0.25) is 4.79 Å². The number of aliphatic hydroxyl groups is 1. The molecule has 0 amide bonds. The summed E-state index contributed by atoms with van der Waals surface area (Å²) in [5, 5.41) is 14.1. The number of ether oxygens (including phenoxy) is 1. The third-order valence-electron chi connectivity index (χ3n) is 4.59. The molecule has 0 spiro atoms. The van der Waals surface area contributed by atoms with Crippen molar-refractivity contribution in [2.45, 2.75) is 45.1 Å². The fourth-order valence-corrected chi connectivity index (χ4v) is 3.07. The highest BCUT2D eigenvalue weighted by molar-refractivity contribution is 5.94. The molecule has 0 aliphatic carbocycles. The van der Waals surface area contributed by atoms with Gasteiger partial charge in [-0.15, -0.1) is 0 Å². The summed E-state index contributed by atoms with van der Waals surface area (Å²) in [4.78, 5) is 11.7. The van der Waals surface area contributed by atoms with Gasteiger partial charge in [-0.25, -0.2) is 4.39 Å². The molecule has 4 nitrogen and oxygen atoms in total. The van der Waals surface area contributed by atoms with Crippen molar-refractivity contribution in [1.29, 1.82) is 0 Å². The molecule has 0 radical (unpaired) electrons. The highest BCUT2D eigenvalue weighted by atomic mass is 19.1. The number of carbonyl (C=O) groups is 1. The van der Waals surface area contributed by atoms with Gasteiger partial charge in [-0.1, -0.05) is 12.1 Å². The van der Waals surface area contributed by atoms with Crippen LogP contribution >= 0.6 is 0 Å². The number of aliphatic hydroxyl groups excluding tert-OH is 1. The van der Waals surface area contributed by atoms with Gasteiger partial charge in [0.05, 0.1) is 6.04 Å². The Kier molecular flexibility index (Phi) is 4.62. The Morgan fingerprint density at radius 2 is 1.92 bits per heavy atom. The van der Waals surface area contributed by atoms with Crippen molar-refractivity contribution in [2.75, 3.05) is 0 Å². The number of ketones is 1. The maximum Gasteiger partial charge on any atom is 0.159 e. The first-order valence-electron chi connectivity index (χ1n) is 8.28. The molecule has 132 valence electrons. The second-order valence-corrected chi connectivity index (χ2v) is 6.94. The molecule has 0 fully saturated rings. The Balaban J connectivity index is 1.91. The third kappa shape index (κ3) is 3.57. The zero-order chi connectivity index (χ0) is 18.2. The van der Waals surface area contributed by atoms with Crippen LogP contribution in [0.15, 0.2) is 42.5 Å². The number of rotatable bonds is 4. The van der Waals surface area contributed by atoms with E-state index in [0.717, 1.165) is 11.1 Å². The number of Topliss-reactive ketones (excluding diaryl/α,β-unsaturated/α-hetero) is 1. The number of halogens is 1. The van der Waals surface area contributed by atoms with Crippen LogP contribution in [0, 0.1) is 5.82 Å². The Morgan fingerprint density at radius 1 is 1.24 bits per heavy atom. The van der Waals surface area contributed by atoms with Gasteiger partial charge in [-0.05, 0) is 56.7 Å². The molecule has 0 saturated heterocycles. The van der Waals surface area contributed by atoms with Crippen molar-refractivity contribution in [2.24, 2.45) is 0 Å². The van der Waals surface area contributed by atoms with E-state index in [1.165, 1.54) is 19.1 Å². The topological polar surface area (TPSA) is 58.6 Å². The van der Waals surface area contributed by atoms with Crippen molar-refractivity contribution in [3.63, 3.8) is 0 Å². The summed E-state index contributed by atoms with van der Waals surface area (Å²) in [7, 11) is 0. The summed E-state index contributed by atoms with van der Waals surface area (Å²) >= 11 is 0. The van der Waals surface area contributed by atoms with Gasteiger partial charge in [0, 0.05) is 17.7 Å². The molecule has 1 heterocycles. The quantitative estimate of drug-likeness (QED) is 0.836. The van der Waals surface area contributed by atoms with Crippen LogP contribution in [0.3, 0.4) is 0 Å². The van der Waals surface area contributed by atoms with Crippen LogP contribution in [0.25, 0.3) is 0 Å². The summed E-state index contributed by atoms with van der Waals surface area (Å²) in [6.45, 7) is 5.62. The molecule has 2 aromatic carbocycles. The molecule has 0 unspecified atom stereocenters. The number of benzene rings is 2. The van der Waals surface area contributed by atoms with Crippen molar-refractivity contribution in [3.05, 3.63) is 65.0 Å². The van der Waals surface area contributed by atoms with E-state index in [2.05, 4.69) is 5.32 Å². The summed E-state index contributed by atoms with van der Waals surface area (Å²) in [5.74, 6) is 0.323. The first-order chi connectivity index (χ1) is 11.8. The lowest BCUT2D eigenvalue weighted by molar-refractivity contribution is -0.0649. The van der Waals surface area contributed by atoms with E-state index in [0.29, 0.717) is 17.9 Å². The van der Waals surface area contributed by atoms with Crippen LogP contribution in [-0.2, 0) is 6.54 Å². The highest BCUT2D eigenvalue weighted by Crippen LogP contribution is 2.40. The minimum Gasteiger partial charge on any atom is -0.485 e. The third-order valence-corrected chi connectivity index (χ3v) is 4.59. The molecule has 2 aromatic rings. The number of carbonyl (C=O) groups excluding carboxylic acids is 1. The standard InChI is InChI=1S/C20H22FNO3/c1-12(23)14-6-9-17-16(10-14)18(19(24)20(2,3)25-17)22-11-13-4-7-15(21)8-5-13/h4-10,18-19,22,24H,11H2,1-3H3/t18-,19+/m0/s1. The Morgan fingerprint density at radius 3 is 2.56 bits per heavy atom. The minimum absolute atomic E-state index is 0.0422. The van der Waals surface area contributed by atoms with Crippen molar-refractivity contribution >= 4 is 5.78 Å². The van der Waals surface area contributed by atoms with Gasteiger partial charge >= 0.3 is 0 Å². The van der Waals surface area contributed by atoms with Crippen molar-refractivity contribution in [3.8, 4) is 5.75 Å². The van der Waals surface area contributed by atoms with Gasteiger partial charge in [0.25, 0.3) is 0 Å². The summed E-state index contributed by atoms with van der Waals surface area (Å²) in [6, 6.07) is 11.1. The maximum atomic E-state index is 13.1. The molecule has 2 atom stereocenters. The summed E-state index contributed by atoms with van der Waals surface area (Å²) < 4.78 is 19.0. The zero-order valence-electron chi connectivity index (χ0n) is 14.5. The molecule has 1 aliphatic heterocycles. The lowest BCUT2D eigenvalue weighted by Crippen LogP contribution is -2.52. The first kappa shape index (κ1) is 17.6. The van der Waals surface area contributed by atoms with Gasteiger partial charge < -0.3 is 15.2 Å². The first-order valence-corrected chi connectivity index (χ1v) is 8.28. The monoisotopic (exact) mass is 343 g/mol. The lowest BCUT2D eigenvalue weighted by Gasteiger charge is -2.42. The van der Waals surface area contributed by atoms with Crippen LogP contribution in [0.2, 0.25) is 0 Å². The maximum absolute atomic E-state index is 13.1. The molecule has 5 heteroatoms. The SMILES string of the molecule is CC(=O)c1ccc2c(c1)[C@H](NCc1ccc(F)cc1)[C@@H](O)C(C)(C)O2. The van der Waals surface area contributed by atoms with Crippen LogP contribution in [0.1, 0.15) is 48.3 Å². The molecule has 0 bridgehead atoms. The highest BCUT2D eigenvalue weighted by Gasteiger charge is 2.42. The number of hydrogen-bond donors (Lipinski definition) is 2. The Bertz CT molecular complexity index is 786. The zero-order valence-corrected chi connectivity index (χ0v) is 14.5. The Hall–Kier alpha value is -2.24. The van der Waals surface area contributed by atoms with E-state index in [9.17, 15) is 14.3 Å². The van der Waals surface area contributed by atoms with Gasteiger partial charge in [-0.2, -0.15) is 0 Å². The van der Waals surface area contributed by atoms with Crippen molar-refractivity contribution in [1.82, 2.24) is 5.32 Å². The summed E-state index contributed by atoms with van der Waals surface area (Å²) in [6.07, 6.45) is -0.803. The molecule has 0 aromatic heterocycles. The normalized spacial score (nSPS) is 21.3. The number of fused-ring (bicyclic) bond motifs is 1. The van der Waals surface area contributed by atoms with Crippen LogP contribution < -0.4 is 10.1 Å². The lowest BCUT2D eigenvalue weighted by atomic mass is 9.85. The molecule has 1 aliphatic rings. The second kappa shape index (κ2) is 6.58. The van der Waals surface area contributed by atoms with Crippen LogP contribution in [0.5, 0.6) is 5.75 Å². The molecule has 3 rings (SSSR count). The van der Waals surface area contributed by atoms with E-state index in [4.69, 9.17) is 4.74 Å². The van der Waals surface area contributed by atoms with Crippen LogP contribution in [0.4, 0.5) is 4.39 Å². The largest absolute Gasteiger partial charge is 0.485 e. The predicted octanol–water partition coefficient (Wildman–Crippen LogP) is 3.39. The summed E-state index contributed by atoms with van der Waals surface area (Å²) in [5.41, 5.74) is 1.46. The number of hydrogen-bond acceptors (Lipinski definition) is 4. The Labute approximate surface area is 146 Å². The van der Waals surface area contributed by atoms with E-state index >= 15 is 0 Å². The minimum atomic E-state index is -0.803. The van der Waals surface area contributed by atoms with E-state index < -0.39 is 17.7 Å². The van der Waals surface area contributed by atoms with E-state index in [1.807, 2.05) is 13.8 Å². The molecular formula is C20H22FNO3. The molecular weight excluding hydrogens is 321 g/mol. The fourth-order valence-electron chi connectivity index (χ4n) is 3.07. The molecule has 2 N–H and O–H groups in total. The predicted molar refractivity (Wildman–Crippen MR) is 93.1 cm³/mol. The van der Waals surface area contributed by atoms with E-state index in [1.54, 1.807) is 30.3 Å². The fraction of sp³-hybridized carbons (Fsp3) is 0.350. The molecule has 25 heavy (non-hydrogen) atoms. The number of nitrogens with one attached hydrogen (secondary N) is 1. The average molecular weight is 343 g/mol.